The summed E-state index contributed by atoms with van der Waals surface area (Å²) in [6, 6.07) is 2.20. The predicted molar refractivity (Wildman–Crippen MR) is 119 cm³/mol. The van der Waals surface area contributed by atoms with Crippen LogP contribution in [0.1, 0.15) is 23.4 Å². The Morgan fingerprint density at radius 2 is 1.70 bits per heavy atom. The molecule has 0 unspecified atom stereocenters. The highest BCUT2D eigenvalue weighted by atomic mass is 32.1. The van der Waals surface area contributed by atoms with E-state index in [0.717, 1.165) is 51.4 Å². The Morgan fingerprint density at radius 1 is 1.11 bits per heavy atom. The average Bonchev–Trinajstić information content (AvgIpc) is 3.36. The van der Waals surface area contributed by atoms with Gasteiger partial charge in [-0.05, 0) is 42.9 Å². The van der Waals surface area contributed by atoms with E-state index < -0.39 is 24.3 Å². The molecule has 10 nitrogen and oxygen atoms in total. The summed E-state index contributed by atoms with van der Waals surface area (Å²) in [6.45, 7) is 6.13. The van der Waals surface area contributed by atoms with E-state index in [1.165, 1.54) is 11.3 Å². The van der Waals surface area contributed by atoms with E-state index in [2.05, 4.69) is 55.7 Å². The van der Waals surface area contributed by atoms with Crippen molar-refractivity contribution in [3.8, 4) is 0 Å². The number of alkyl halides is 6. The number of thiophene rings is 1. The number of likely N-dealkylation sites (N-methyl/N-ethyl adjacent to an activating group) is 1. The Hall–Kier alpha value is -2.76. The smallest absolute Gasteiger partial charge is 0.475 e. The van der Waals surface area contributed by atoms with Gasteiger partial charge < -0.3 is 19.8 Å². The first-order valence-electron chi connectivity index (χ1n) is 10.6. The van der Waals surface area contributed by atoms with Gasteiger partial charge in [0.05, 0.1) is 18.9 Å². The van der Waals surface area contributed by atoms with Gasteiger partial charge in [-0.1, -0.05) is 5.21 Å². The summed E-state index contributed by atoms with van der Waals surface area (Å²) in [6.07, 6.45) is -9.05. The van der Waals surface area contributed by atoms with Crippen molar-refractivity contribution < 1.29 is 50.9 Å². The van der Waals surface area contributed by atoms with Crippen molar-refractivity contribution in [3.05, 3.63) is 33.8 Å². The fourth-order valence-electron chi connectivity index (χ4n) is 2.76. The number of hydrogen-bond acceptors (Lipinski definition) is 8. The lowest BCUT2D eigenvalue weighted by Gasteiger charge is -2.19. The van der Waals surface area contributed by atoms with Crippen molar-refractivity contribution >= 4 is 23.3 Å². The molecule has 2 aromatic heterocycles. The number of aromatic nitrogens is 3. The second-order valence-corrected chi connectivity index (χ2v) is 8.64. The lowest BCUT2D eigenvalue weighted by atomic mass is 10.2. The minimum atomic E-state index is -5.08. The number of carbonyl (C=O) groups is 2. The van der Waals surface area contributed by atoms with Gasteiger partial charge in [-0.25, -0.2) is 14.3 Å². The topological polar surface area (TPSA) is 121 Å². The van der Waals surface area contributed by atoms with Crippen LogP contribution in [0, 0.1) is 0 Å². The normalized spacial score (nSPS) is 14.1. The van der Waals surface area contributed by atoms with Crippen LogP contribution in [0.4, 0.5) is 26.3 Å². The lowest BCUT2D eigenvalue weighted by molar-refractivity contribution is -0.193. The summed E-state index contributed by atoms with van der Waals surface area (Å²) in [5.74, 6) is -5.51. The van der Waals surface area contributed by atoms with Crippen LogP contribution in [0.15, 0.2) is 16.8 Å². The maximum Gasteiger partial charge on any atom is 0.490 e. The Bertz CT molecular complexity index is 942. The van der Waals surface area contributed by atoms with Gasteiger partial charge >= 0.3 is 24.3 Å². The molecule has 2 aromatic rings. The van der Waals surface area contributed by atoms with Gasteiger partial charge in [0.15, 0.2) is 0 Å². The summed E-state index contributed by atoms with van der Waals surface area (Å²) in [4.78, 5) is 22.4. The minimum absolute atomic E-state index is 0.551. The third-order valence-electron chi connectivity index (χ3n) is 4.53. The third kappa shape index (κ3) is 12.9. The lowest BCUT2D eigenvalue weighted by Crippen LogP contribution is -2.23. The SMILES string of the molecule is CN(C)CCOCc1nnn2c1CN(Cc1ccsc1)CCC2.O=C(O)C(F)(F)F.O=C(O)C(F)(F)F. The minimum Gasteiger partial charge on any atom is -0.475 e. The molecule has 0 aliphatic carbocycles. The molecule has 210 valence electrons. The van der Waals surface area contributed by atoms with Gasteiger partial charge in [-0.15, -0.1) is 5.10 Å². The van der Waals surface area contributed by atoms with Crippen molar-refractivity contribution in [2.75, 3.05) is 33.8 Å². The Labute approximate surface area is 212 Å². The van der Waals surface area contributed by atoms with Gasteiger partial charge in [-0.2, -0.15) is 37.7 Å². The second-order valence-electron chi connectivity index (χ2n) is 7.86. The number of rotatable bonds is 7. The van der Waals surface area contributed by atoms with E-state index in [4.69, 9.17) is 24.5 Å². The molecule has 1 aliphatic rings. The van der Waals surface area contributed by atoms with E-state index in [0.29, 0.717) is 6.61 Å². The molecular weight excluding hydrogens is 536 g/mol. The molecule has 0 aromatic carbocycles. The standard InChI is InChI=1S/C16H25N5OS.2C2HF3O2/c1-19(2)7-8-22-12-15-16-11-20(10-14-4-9-23-13-14)5-3-6-21(16)18-17-15;2*3-2(4,5)1(6)7/h4,9,13H,3,5-8,10-12H2,1-2H3;2*(H,6,7). The van der Waals surface area contributed by atoms with Crippen molar-refractivity contribution in [3.63, 3.8) is 0 Å². The van der Waals surface area contributed by atoms with Crippen LogP contribution in [0.25, 0.3) is 0 Å². The second kappa shape index (κ2) is 14.8. The van der Waals surface area contributed by atoms with Gasteiger partial charge in [-0.3, -0.25) is 4.90 Å². The quantitative estimate of drug-likeness (QED) is 0.387. The number of hydrogen-bond donors (Lipinski definition) is 2. The predicted octanol–water partition coefficient (Wildman–Crippen LogP) is 3.09. The van der Waals surface area contributed by atoms with Crippen LogP contribution in [0.5, 0.6) is 0 Å². The van der Waals surface area contributed by atoms with Crippen LogP contribution in [-0.2, 0) is 40.6 Å². The zero-order chi connectivity index (χ0) is 28.2. The van der Waals surface area contributed by atoms with Gasteiger partial charge in [0.1, 0.15) is 5.69 Å². The number of nitrogens with zero attached hydrogens (tertiary/aromatic N) is 5. The third-order valence-corrected chi connectivity index (χ3v) is 5.26. The van der Waals surface area contributed by atoms with E-state index >= 15 is 0 Å². The number of ether oxygens (including phenoxy) is 1. The summed E-state index contributed by atoms with van der Waals surface area (Å²) < 4.78 is 71.3. The van der Waals surface area contributed by atoms with Crippen LogP contribution < -0.4 is 0 Å². The molecule has 2 N–H and O–H groups in total. The Kier molecular flexibility index (Phi) is 12.9. The molecule has 17 heteroatoms. The number of aliphatic carboxylic acids is 2. The van der Waals surface area contributed by atoms with Crippen LogP contribution >= 0.6 is 11.3 Å². The van der Waals surface area contributed by atoms with Crippen LogP contribution in [-0.4, -0.2) is 93.1 Å². The fraction of sp³-hybridized carbons (Fsp3) is 0.600. The van der Waals surface area contributed by atoms with E-state index in [-0.39, 0.29) is 0 Å². The molecule has 0 radical (unpaired) electrons. The molecule has 37 heavy (non-hydrogen) atoms. The average molecular weight is 564 g/mol. The summed E-state index contributed by atoms with van der Waals surface area (Å²) in [5.41, 5.74) is 3.59. The number of aryl methyl sites for hydroxylation is 1. The van der Waals surface area contributed by atoms with Crippen molar-refractivity contribution in [1.29, 1.82) is 0 Å². The highest BCUT2D eigenvalue weighted by molar-refractivity contribution is 7.07. The molecule has 0 saturated carbocycles. The van der Waals surface area contributed by atoms with Crippen LogP contribution in [0.3, 0.4) is 0 Å². The number of fused-ring (bicyclic) bond motifs is 1. The first kappa shape index (κ1) is 32.3. The molecule has 0 atom stereocenters. The molecule has 0 spiro atoms. The van der Waals surface area contributed by atoms with Crippen LogP contribution in [0.2, 0.25) is 0 Å². The molecule has 0 saturated heterocycles. The fourth-order valence-corrected chi connectivity index (χ4v) is 3.42. The van der Waals surface area contributed by atoms with Gasteiger partial charge in [0.2, 0.25) is 0 Å². The first-order valence-corrected chi connectivity index (χ1v) is 11.5. The molecule has 0 fully saturated rings. The highest BCUT2D eigenvalue weighted by Crippen LogP contribution is 2.19. The van der Waals surface area contributed by atoms with Gasteiger partial charge in [0.25, 0.3) is 0 Å². The van der Waals surface area contributed by atoms with E-state index in [1.807, 2.05) is 0 Å². The maximum absolute atomic E-state index is 10.6. The maximum atomic E-state index is 10.6. The molecular formula is C20H27F6N5O5S. The summed E-state index contributed by atoms with van der Waals surface area (Å²) in [7, 11) is 4.10. The van der Waals surface area contributed by atoms with Crippen molar-refractivity contribution in [1.82, 2.24) is 24.8 Å². The number of halogens is 6. The van der Waals surface area contributed by atoms with E-state index in [1.54, 1.807) is 11.3 Å². The molecule has 0 amide bonds. The molecule has 1 aliphatic heterocycles. The monoisotopic (exact) mass is 563 g/mol. The van der Waals surface area contributed by atoms with Crippen molar-refractivity contribution in [2.45, 2.75) is 45.0 Å². The molecule has 0 bridgehead atoms. The zero-order valence-electron chi connectivity index (χ0n) is 19.9. The first-order chi connectivity index (χ1) is 17.1. The molecule has 3 heterocycles. The Balaban J connectivity index is 0.000000404. The highest BCUT2D eigenvalue weighted by Gasteiger charge is 2.38. The molecule has 3 rings (SSSR count). The van der Waals surface area contributed by atoms with Gasteiger partial charge in [0, 0.05) is 32.7 Å². The largest absolute Gasteiger partial charge is 0.490 e. The Morgan fingerprint density at radius 3 is 2.19 bits per heavy atom. The van der Waals surface area contributed by atoms with E-state index in [9.17, 15) is 26.3 Å². The van der Waals surface area contributed by atoms with Crippen molar-refractivity contribution in [2.24, 2.45) is 0 Å². The summed E-state index contributed by atoms with van der Waals surface area (Å²) >= 11 is 1.76. The zero-order valence-corrected chi connectivity index (χ0v) is 20.7. The number of carboxylic acids is 2. The summed E-state index contributed by atoms with van der Waals surface area (Å²) in [5, 5.41) is 27.3. The number of carboxylic acid groups (broad SMARTS) is 2.